The van der Waals surface area contributed by atoms with Gasteiger partial charge in [-0.1, -0.05) is 12.1 Å². The lowest BCUT2D eigenvalue weighted by Gasteiger charge is -2.07. The van der Waals surface area contributed by atoms with Crippen molar-refractivity contribution < 1.29 is 13.3 Å². The largest absolute Gasteiger partial charge is 0.399 e. The molecule has 3 N–H and O–H groups in total. The smallest absolute Gasteiger partial charge is 0.289 e. The molecule has 8 nitrogen and oxygen atoms in total. The minimum Gasteiger partial charge on any atom is -0.399 e. The van der Waals surface area contributed by atoms with Gasteiger partial charge in [0.15, 0.2) is 4.90 Å². The molecule has 1 heterocycles. The normalized spacial score (nSPS) is 11.2. The highest BCUT2D eigenvalue weighted by Crippen LogP contribution is 2.22. The van der Waals surface area contributed by atoms with Crippen LogP contribution < -0.4 is 10.5 Å². The number of sulfonamides is 1. The molecule has 0 aliphatic heterocycles. The van der Waals surface area contributed by atoms with Gasteiger partial charge in [0.25, 0.3) is 5.69 Å². The van der Waals surface area contributed by atoms with Crippen LogP contribution in [0.2, 0.25) is 0 Å². The quantitative estimate of drug-likeness (QED) is 0.627. The van der Waals surface area contributed by atoms with Crippen LogP contribution in [0.5, 0.6) is 0 Å². The number of nitrogens with one attached hydrogen (secondary N) is 1. The topological polar surface area (TPSA) is 128 Å². The van der Waals surface area contributed by atoms with Gasteiger partial charge in [0.05, 0.1) is 17.2 Å². The van der Waals surface area contributed by atoms with Crippen LogP contribution in [-0.2, 0) is 16.6 Å². The van der Waals surface area contributed by atoms with E-state index in [2.05, 4.69) is 9.71 Å². The molecule has 0 fully saturated rings. The Morgan fingerprint density at radius 3 is 2.67 bits per heavy atom. The van der Waals surface area contributed by atoms with Crippen LogP contribution in [-0.4, -0.2) is 18.3 Å². The fraction of sp³-hybridized carbons (Fsp3) is 0.0833. The first kappa shape index (κ1) is 14.9. The van der Waals surface area contributed by atoms with Crippen LogP contribution in [0.4, 0.5) is 11.4 Å². The molecule has 110 valence electrons. The Balaban J connectivity index is 2.25. The lowest BCUT2D eigenvalue weighted by atomic mass is 10.3. The summed E-state index contributed by atoms with van der Waals surface area (Å²) in [5.74, 6) is 0. The van der Waals surface area contributed by atoms with Crippen LogP contribution in [0.25, 0.3) is 0 Å². The second-order valence-electron chi connectivity index (χ2n) is 4.13. The first-order valence-corrected chi connectivity index (χ1v) is 7.32. The summed E-state index contributed by atoms with van der Waals surface area (Å²) in [4.78, 5) is 13.7. The lowest BCUT2D eigenvalue weighted by molar-refractivity contribution is -0.387. The second kappa shape index (κ2) is 5.85. The summed E-state index contributed by atoms with van der Waals surface area (Å²) in [5, 5.41) is 10.9. The molecule has 2 rings (SSSR count). The molecule has 1 aromatic carbocycles. The Kier molecular flexibility index (Phi) is 4.15. The van der Waals surface area contributed by atoms with E-state index in [4.69, 9.17) is 5.73 Å². The number of nitrogen functional groups attached to an aromatic ring is 1. The SMILES string of the molecule is Nc1ccnc(CNS(=O)(=O)c2ccccc2[N+](=O)[O-])c1. The molecule has 2 aromatic rings. The van der Waals surface area contributed by atoms with E-state index in [-0.39, 0.29) is 11.4 Å². The number of benzene rings is 1. The maximum atomic E-state index is 12.1. The Bertz CT molecular complexity index is 776. The van der Waals surface area contributed by atoms with E-state index in [9.17, 15) is 18.5 Å². The van der Waals surface area contributed by atoms with E-state index < -0.39 is 20.6 Å². The number of nitro groups is 1. The number of hydrogen-bond acceptors (Lipinski definition) is 6. The molecule has 0 atom stereocenters. The Hall–Kier alpha value is -2.52. The average Bonchev–Trinajstić information content (AvgIpc) is 2.45. The van der Waals surface area contributed by atoms with Crippen molar-refractivity contribution in [3.63, 3.8) is 0 Å². The molecule has 1 aromatic heterocycles. The molecular weight excluding hydrogens is 296 g/mol. The predicted octanol–water partition coefficient (Wildman–Crippen LogP) is 1.05. The molecular formula is C12H12N4O4S. The zero-order chi connectivity index (χ0) is 15.5. The van der Waals surface area contributed by atoms with E-state index in [0.717, 1.165) is 6.07 Å². The molecule has 0 bridgehead atoms. The summed E-state index contributed by atoms with van der Waals surface area (Å²) in [6.07, 6.45) is 1.45. The van der Waals surface area contributed by atoms with E-state index >= 15 is 0 Å². The third-order valence-corrected chi connectivity index (χ3v) is 4.08. The number of nitro benzene ring substituents is 1. The van der Waals surface area contributed by atoms with Crippen molar-refractivity contribution in [2.75, 3.05) is 5.73 Å². The zero-order valence-corrected chi connectivity index (χ0v) is 11.6. The first-order chi connectivity index (χ1) is 9.90. The van der Waals surface area contributed by atoms with Crippen molar-refractivity contribution >= 4 is 21.4 Å². The third kappa shape index (κ3) is 3.52. The van der Waals surface area contributed by atoms with Crippen LogP contribution in [0.3, 0.4) is 0 Å². The van der Waals surface area contributed by atoms with E-state index in [1.807, 2.05) is 0 Å². The fourth-order valence-corrected chi connectivity index (χ4v) is 2.84. The summed E-state index contributed by atoms with van der Waals surface area (Å²) in [6, 6.07) is 8.21. The number of nitrogens with zero attached hydrogens (tertiary/aromatic N) is 2. The van der Waals surface area contributed by atoms with Gasteiger partial charge in [0, 0.05) is 18.0 Å². The van der Waals surface area contributed by atoms with Gasteiger partial charge < -0.3 is 5.73 Å². The van der Waals surface area contributed by atoms with Crippen molar-refractivity contribution in [1.82, 2.24) is 9.71 Å². The number of aromatic nitrogens is 1. The van der Waals surface area contributed by atoms with Gasteiger partial charge in [0.2, 0.25) is 10.0 Å². The second-order valence-corrected chi connectivity index (χ2v) is 5.87. The van der Waals surface area contributed by atoms with Gasteiger partial charge in [-0.15, -0.1) is 0 Å². The number of nitrogens with two attached hydrogens (primary N) is 1. The molecule has 21 heavy (non-hydrogen) atoms. The van der Waals surface area contributed by atoms with Crippen LogP contribution in [0.1, 0.15) is 5.69 Å². The summed E-state index contributed by atoms with van der Waals surface area (Å²) in [7, 11) is -4.02. The molecule has 0 aliphatic carbocycles. The minimum atomic E-state index is -4.02. The predicted molar refractivity (Wildman–Crippen MR) is 75.8 cm³/mol. The average molecular weight is 308 g/mol. The van der Waals surface area contributed by atoms with Crippen molar-refractivity contribution in [2.45, 2.75) is 11.4 Å². The summed E-state index contributed by atoms with van der Waals surface area (Å²) in [6.45, 7) is -0.112. The lowest BCUT2D eigenvalue weighted by Crippen LogP contribution is -2.24. The number of rotatable bonds is 5. The molecule has 0 saturated carbocycles. The molecule has 0 unspecified atom stereocenters. The highest BCUT2D eigenvalue weighted by atomic mass is 32.2. The van der Waals surface area contributed by atoms with Crippen LogP contribution in [0.15, 0.2) is 47.5 Å². The van der Waals surface area contributed by atoms with Crippen molar-refractivity contribution in [3.05, 3.63) is 58.4 Å². The summed E-state index contributed by atoms with van der Waals surface area (Å²) >= 11 is 0. The molecule has 0 spiro atoms. The van der Waals surface area contributed by atoms with Gasteiger partial charge in [-0.25, -0.2) is 13.1 Å². The number of anilines is 1. The first-order valence-electron chi connectivity index (χ1n) is 5.83. The minimum absolute atomic E-state index is 0.112. The van der Waals surface area contributed by atoms with E-state index in [1.54, 1.807) is 6.07 Å². The van der Waals surface area contributed by atoms with Gasteiger partial charge >= 0.3 is 0 Å². The number of para-hydroxylation sites is 1. The van der Waals surface area contributed by atoms with Crippen LogP contribution in [0, 0.1) is 10.1 Å². The Labute approximate surface area is 120 Å². The molecule has 9 heteroatoms. The molecule has 0 radical (unpaired) electrons. The fourth-order valence-electron chi connectivity index (χ4n) is 1.68. The van der Waals surface area contributed by atoms with Crippen molar-refractivity contribution in [3.8, 4) is 0 Å². The highest BCUT2D eigenvalue weighted by Gasteiger charge is 2.24. The molecule has 0 saturated heterocycles. The van der Waals surface area contributed by atoms with Crippen molar-refractivity contribution in [2.24, 2.45) is 0 Å². The van der Waals surface area contributed by atoms with Crippen molar-refractivity contribution in [1.29, 1.82) is 0 Å². The van der Waals surface area contributed by atoms with Crippen LogP contribution >= 0.6 is 0 Å². The summed E-state index contributed by atoms with van der Waals surface area (Å²) in [5.41, 5.74) is 5.95. The maximum Gasteiger partial charge on any atom is 0.289 e. The van der Waals surface area contributed by atoms with Gasteiger partial charge in [0.1, 0.15) is 0 Å². The monoisotopic (exact) mass is 308 g/mol. The molecule has 0 aliphatic rings. The van der Waals surface area contributed by atoms with Gasteiger partial charge in [-0.05, 0) is 18.2 Å². The maximum absolute atomic E-state index is 12.1. The molecule has 0 amide bonds. The number of hydrogen-bond donors (Lipinski definition) is 2. The number of pyridine rings is 1. The summed E-state index contributed by atoms with van der Waals surface area (Å²) < 4.78 is 26.5. The van der Waals surface area contributed by atoms with E-state index in [0.29, 0.717) is 11.4 Å². The Morgan fingerprint density at radius 1 is 1.29 bits per heavy atom. The standard InChI is InChI=1S/C12H12N4O4S/c13-9-5-6-14-10(7-9)8-15-21(19,20)12-4-2-1-3-11(12)16(17)18/h1-7,15H,8H2,(H2,13,14). The zero-order valence-electron chi connectivity index (χ0n) is 10.8. The van der Waals surface area contributed by atoms with Gasteiger partial charge in [-0.2, -0.15) is 0 Å². The highest BCUT2D eigenvalue weighted by molar-refractivity contribution is 7.89. The van der Waals surface area contributed by atoms with Gasteiger partial charge in [-0.3, -0.25) is 15.1 Å². The third-order valence-electron chi connectivity index (χ3n) is 2.64. The van der Waals surface area contributed by atoms with E-state index in [1.165, 1.54) is 30.5 Å². The Morgan fingerprint density at radius 2 is 2.00 bits per heavy atom.